The summed E-state index contributed by atoms with van der Waals surface area (Å²) in [5.74, 6) is 0.760. The number of likely N-dealkylation sites (N-methyl/N-ethyl adjacent to an activating group) is 1. The van der Waals surface area contributed by atoms with Gasteiger partial charge in [-0.05, 0) is 48.2 Å². The molecule has 3 N–H and O–H groups in total. The first kappa shape index (κ1) is 23.7. The maximum Gasteiger partial charge on any atom is 0.407 e. The normalized spacial score (nSPS) is 13.4. The second-order valence-corrected chi connectivity index (χ2v) is 7.86. The van der Waals surface area contributed by atoms with E-state index in [1.54, 1.807) is 4.68 Å². The molecule has 0 saturated heterocycles. The number of carbonyl (C=O) groups excluding carboxylic acids is 1. The van der Waals surface area contributed by atoms with Gasteiger partial charge >= 0.3 is 6.09 Å². The number of aromatic nitrogens is 2. The van der Waals surface area contributed by atoms with Gasteiger partial charge < -0.3 is 25.6 Å². The van der Waals surface area contributed by atoms with Gasteiger partial charge in [0.05, 0.1) is 18.8 Å². The quantitative estimate of drug-likeness (QED) is 0.333. The average Bonchev–Trinajstić information content (AvgIpc) is 2.98. The summed E-state index contributed by atoms with van der Waals surface area (Å²) in [6.45, 7) is 10.2. The van der Waals surface area contributed by atoms with Crippen LogP contribution in [0.1, 0.15) is 45.7 Å². The number of hydrogen-bond acceptors (Lipinski definition) is 5. The number of aliphatic imine (C=N–C) groups is 1. The van der Waals surface area contributed by atoms with Gasteiger partial charge in [0.2, 0.25) is 0 Å². The Morgan fingerprint density at radius 1 is 1.29 bits per heavy atom. The minimum absolute atomic E-state index is 0.151. The fourth-order valence-electron chi connectivity index (χ4n) is 2.50. The van der Waals surface area contributed by atoms with Crippen molar-refractivity contribution in [3.63, 3.8) is 0 Å². The van der Waals surface area contributed by atoms with Gasteiger partial charge in [-0.2, -0.15) is 5.10 Å². The van der Waals surface area contributed by atoms with Gasteiger partial charge in [0.25, 0.3) is 0 Å². The summed E-state index contributed by atoms with van der Waals surface area (Å²) in [5.41, 5.74) is 0.651. The van der Waals surface area contributed by atoms with Crippen molar-refractivity contribution in [1.29, 1.82) is 0 Å². The van der Waals surface area contributed by atoms with Crippen molar-refractivity contribution >= 4 is 12.1 Å². The Labute approximate surface area is 168 Å². The van der Waals surface area contributed by atoms with Crippen LogP contribution in [-0.4, -0.2) is 72.6 Å². The minimum atomic E-state index is -0.482. The van der Waals surface area contributed by atoms with Crippen LogP contribution in [0.5, 0.6) is 0 Å². The molecule has 0 bridgehead atoms. The Balaban J connectivity index is 2.47. The first-order valence-corrected chi connectivity index (χ1v) is 9.76. The van der Waals surface area contributed by atoms with Crippen LogP contribution in [0.2, 0.25) is 0 Å². The number of ether oxygens (including phenoxy) is 1. The smallest absolute Gasteiger partial charge is 0.407 e. The van der Waals surface area contributed by atoms with Crippen molar-refractivity contribution in [1.82, 2.24) is 30.6 Å². The number of alkyl carbamates (subject to hydrolysis) is 1. The molecule has 9 heteroatoms. The van der Waals surface area contributed by atoms with Crippen LogP contribution < -0.4 is 16.0 Å². The molecule has 0 fully saturated rings. The van der Waals surface area contributed by atoms with E-state index in [4.69, 9.17) is 9.73 Å². The lowest BCUT2D eigenvalue weighted by Gasteiger charge is -2.22. The third kappa shape index (κ3) is 9.59. The van der Waals surface area contributed by atoms with E-state index in [0.29, 0.717) is 19.6 Å². The topological polar surface area (TPSA) is 95.8 Å². The SMILES string of the molecule is CCNC(=NCC(c1cnn(C)c1)N(C)C)NCCCNC(=O)OC(C)(C)C. The zero-order valence-corrected chi connectivity index (χ0v) is 18.4. The molecule has 1 aromatic rings. The summed E-state index contributed by atoms with van der Waals surface area (Å²) < 4.78 is 7.02. The molecule has 1 heterocycles. The molecule has 0 aliphatic rings. The predicted octanol–water partition coefficient (Wildman–Crippen LogP) is 1.49. The second kappa shape index (κ2) is 11.5. The number of rotatable bonds is 9. The molecule has 0 saturated carbocycles. The lowest BCUT2D eigenvalue weighted by atomic mass is 10.1. The number of aryl methyl sites for hydroxylation is 1. The zero-order valence-electron chi connectivity index (χ0n) is 18.4. The van der Waals surface area contributed by atoms with E-state index in [1.807, 2.05) is 61.2 Å². The largest absolute Gasteiger partial charge is 0.444 e. The van der Waals surface area contributed by atoms with Gasteiger partial charge in [-0.1, -0.05) is 0 Å². The summed E-state index contributed by atoms with van der Waals surface area (Å²) >= 11 is 0. The average molecular weight is 396 g/mol. The lowest BCUT2D eigenvalue weighted by Crippen LogP contribution is -2.40. The van der Waals surface area contributed by atoms with Crippen molar-refractivity contribution in [3.8, 4) is 0 Å². The Bertz CT molecular complexity index is 620. The summed E-state index contributed by atoms with van der Waals surface area (Å²) in [6, 6.07) is 0.151. The van der Waals surface area contributed by atoms with Crippen molar-refractivity contribution < 1.29 is 9.53 Å². The first-order valence-electron chi connectivity index (χ1n) is 9.76. The Morgan fingerprint density at radius 2 is 1.96 bits per heavy atom. The molecule has 1 amide bonds. The van der Waals surface area contributed by atoms with Crippen LogP contribution >= 0.6 is 0 Å². The monoisotopic (exact) mass is 395 g/mol. The highest BCUT2D eigenvalue weighted by Crippen LogP contribution is 2.17. The predicted molar refractivity (Wildman–Crippen MR) is 112 cm³/mol. The molecular formula is C19H37N7O2. The molecule has 1 aromatic heterocycles. The fourth-order valence-corrected chi connectivity index (χ4v) is 2.50. The Hall–Kier alpha value is -2.29. The molecule has 0 spiro atoms. The Kier molecular flexibility index (Phi) is 9.78. The number of nitrogens with one attached hydrogen (secondary N) is 3. The third-order valence-corrected chi connectivity index (χ3v) is 3.81. The molecule has 160 valence electrons. The molecule has 0 radical (unpaired) electrons. The van der Waals surface area contributed by atoms with Gasteiger partial charge in [0, 0.05) is 38.4 Å². The van der Waals surface area contributed by atoms with Gasteiger partial charge in [0.15, 0.2) is 5.96 Å². The third-order valence-electron chi connectivity index (χ3n) is 3.81. The highest BCUT2D eigenvalue weighted by atomic mass is 16.6. The van der Waals surface area contributed by atoms with Crippen molar-refractivity contribution in [2.24, 2.45) is 12.0 Å². The number of guanidine groups is 1. The van der Waals surface area contributed by atoms with E-state index in [2.05, 4.69) is 25.9 Å². The van der Waals surface area contributed by atoms with Gasteiger partial charge in [-0.25, -0.2) is 4.79 Å². The maximum atomic E-state index is 11.6. The summed E-state index contributed by atoms with van der Waals surface area (Å²) in [4.78, 5) is 18.5. The number of amides is 1. The van der Waals surface area contributed by atoms with Crippen molar-refractivity contribution in [2.45, 2.75) is 45.8 Å². The van der Waals surface area contributed by atoms with Crippen LogP contribution in [0.4, 0.5) is 4.79 Å². The second-order valence-electron chi connectivity index (χ2n) is 7.86. The Morgan fingerprint density at radius 3 is 2.50 bits per heavy atom. The van der Waals surface area contributed by atoms with E-state index in [-0.39, 0.29) is 6.04 Å². The zero-order chi connectivity index (χ0) is 21.2. The van der Waals surface area contributed by atoms with Crippen LogP contribution in [0, 0.1) is 0 Å². The molecule has 0 aromatic carbocycles. The highest BCUT2D eigenvalue weighted by molar-refractivity contribution is 5.79. The summed E-state index contributed by atoms with van der Waals surface area (Å²) in [6.07, 6.45) is 4.27. The highest BCUT2D eigenvalue weighted by Gasteiger charge is 2.16. The van der Waals surface area contributed by atoms with E-state index in [9.17, 15) is 4.79 Å². The maximum absolute atomic E-state index is 11.6. The molecular weight excluding hydrogens is 358 g/mol. The molecule has 1 unspecified atom stereocenters. The van der Waals surface area contributed by atoms with Crippen molar-refractivity contribution in [2.75, 3.05) is 40.3 Å². The summed E-state index contributed by atoms with van der Waals surface area (Å²) in [7, 11) is 5.99. The van der Waals surface area contributed by atoms with E-state index in [0.717, 1.165) is 24.5 Å². The van der Waals surface area contributed by atoms with Crippen LogP contribution in [0.25, 0.3) is 0 Å². The van der Waals surface area contributed by atoms with E-state index in [1.165, 1.54) is 0 Å². The van der Waals surface area contributed by atoms with E-state index < -0.39 is 11.7 Å². The van der Waals surface area contributed by atoms with Gasteiger partial charge in [-0.3, -0.25) is 9.67 Å². The number of carbonyl (C=O) groups is 1. The van der Waals surface area contributed by atoms with Crippen LogP contribution in [0.3, 0.4) is 0 Å². The lowest BCUT2D eigenvalue weighted by molar-refractivity contribution is 0.0527. The van der Waals surface area contributed by atoms with Crippen LogP contribution in [0.15, 0.2) is 17.4 Å². The van der Waals surface area contributed by atoms with E-state index >= 15 is 0 Å². The first-order chi connectivity index (χ1) is 13.1. The molecule has 28 heavy (non-hydrogen) atoms. The molecule has 1 atom stereocenters. The minimum Gasteiger partial charge on any atom is -0.444 e. The molecule has 0 aliphatic carbocycles. The number of nitrogens with zero attached hydrogens (tertiary/aromatic N) is 4. The van der Waals surface area contributed by atoms with Crippen molar-refractivity contribution in [3.05, 3.63) is 18.0 Å². The standard InChI is InChI=1S/C19H37N7O2/c1-8-20-17(21-10-9-11-22-18(27)28-19(2,3)4)23-13-16(25(5)6)15-12-24-26(7)14-15/h12,14,16H,8-11,13H2,1-7H3,(H,22,27)(H2,20,21,23). The van der Waals surface area contributed by atoms with Gasteiger partial charge in [0.1, 0.15) is 5.60 Å². The summed E-state index contributed by atoms with van der Waals surface area (Å²) in [5, 5.41) is 13.6. The number of hydrogen-bond donors (Lipinski definition) is 3. The molecule has 1 rings (SSSR count). The fraction of sp³-hybridized carbons (Fsp3) is 0.737. The van der Waals surface area contributed by atoms with Crippen LogP contribution in [-0.2, 0) is 11.8 Å². The molecule has 0 aliphatic heterocycles. The molecule has 9 nitrogen and oxygen atoms in total. The van der Waals surface area contributed by atoms with Gasteiger partial charge in [-0.15, -0.1) is 0 Å².